The van der Waals surface area contributed by atoms with Gasteiger partial charge in [0, 0.05) is 32.7 Å². The number of aromatic nitrogens is 1. The van der Waals surface area contributed by atoms with E-state index in [4.69, 9.17) is 0 Å². The van der Waals surface area contributed by atoms with Gasteiger partial charge in [0.25, 0.3) is 0 Å². The molecule has 114 valence electrons. The summed E-state index contributed by atoms with van der Waals surface area (Å²) in [5.41, 5.74) is 0. The second-order valence-corrected chi connectivity index (χ2v) is 5.52. The average Bonchev–Trinajstić information content (AvgIpc) is 2.34. The van der Waals surface area contributed by atoms with Gasteiger partial charge in [-0.3, -0.25) is 0 Å². The Balaban J connectivity index is 3.05. The van der Waals surface area contributed by atoms with E-state index in [0.29, 0.717) is 19.0 Å². The predicted octanol–water partition coefficient (Wildman–Crippen LogP) is 2.43. The molecular weight excluding hydrogens is 262 g/mol. The van der Waals surface area contributed by atoms with E-state index in [1.807, 2.05) is 23.9 Å². The van der Waals surface area contributed by atoms with Crippen LogP contribution in [-0.4, -0.2) is 50.7 Å². The molecule has 0 aliphatic carbocycles. The summed E-state index contributed by atoms with van der Waals surface area (Å²) in [6.45, 7) is 6.21. The zero-order valence-electron chi connectivity index (χ0n) is 12.9. The number of rotatable bonds is 7. The standard InChI is InChI=1S/C14H24F2N4/c1-10(2)9-20(7-6-19(4)5)14-12(16)8-11(15)13(17-3)18-14/h8,10H,6-7,9H2,1-5H3,(H,17,18). The Hall–Kier alpha value is -1.43. The van der Waals surface area contributed by atoms with Crippen LogP contribution in [-0.2, 0) is 0 Å². The van der Waals surface area contributed by atoms with Crippen LogP contribution in [0.5, 0.6) is 0 Å². The lowest BCUT2D eigenvalue weighted by atomic mass is 10.2. The number of pyridine rings is 1. The SMILES string of the molecule is CNc1nc(N(CCN(C)C)CC(C)C)c(F)cc1F. The Morgan fingerprint density at radius 1 is 1.20 bits per heavy atom. The fourth-order valence-corrected chi connectivity index (χ4v) is 1.90. The molecule has 1 aromatic heterocycles. The van der Waals surface area contributed by atoms with Crippen LogP contribution < -0.4 is 10.2 Å². The second kappa shape index (κ2) is 7.38. The second-order valence-electron chi connectivity index (χ2n) is 5.52. The first kappa shape index (κ1) is 16.6. The van der Waals surface area contributed by atoms with E-state index in [1.54, 1.807) is 7.05 Å². The van der Waals surface area contributed by atoms with Crippen molar-refractivity contribution < 1.29 is 8.78 Å². The first-order chi connectivity index (χ1) is 9.35. The lowest BCUT2D eigenvalue weighted by molar-refractivity contribution is 0.406. The highest BCUT2D eigenvalue weighted by Crippen LogP contribution is 2.22. The van der Waals surface area contributed by atoms with E-state index in [2.05, 4.69) is 24.1 Å². The van der Waals surface area contributed by atoms with Gasteiger partial charge >= 0.3 is 0 Å². The topological polar surface area (TPSA) is 31.4 Å². The molecule has 1 rings (SSSR count). The third-order valence-corrected chi connectivity index (χ3v) is 2.85. The van der Waals surface area contributed by atoms with Crippen molar-refractivity contribution in [1.82, 2.24) is 9.88 Å². The normalized spacial score (nSPS) is 11.2. The molecule has 0 bridgehead atoms. The first-order valence-electron chi connectivity index (χ1n) is 6.78. The van der Waals surface area contributed by atoms with Crippen molar-refractivity contribution >= 4 is 11.6 Å². The highest BCUT2D eigenvalue weighted by atomic mass is 19.1. The summed E-state index contributed by atoms with van der Waals surface area (Å²) in [6, 6.07) is 0.886. The molecule has 0 amide bonds. The summed E-state index contributed by atoms with van der Waals surface area (Å²) in [7, 11) is 5.49. The quantitative estimate of drug-likeness (QED) is 0.834. The van der Waals surface area contributed by atoms with Gasteiger partial charge in [0.1, 0.15) is 0 Å². The van der Waals surface area contributed by atoms with Crippen molar-refractivity contribution in [3.8, 4) is 0 Å². The van der Waals surface area contributed by atoms with Crippen LogP contribution in [0.15, 0.2) is 6.07 Å². The van der Waals surface area contributed by atoms with E-state index in [0.717, 1.165) is 12.6 Å². The monoisotopic (exact) mass is 286 g/mol. The maximum atomic E-state index is 14.0. The highest BCUT2D eigenvalue weighted by Gasteiger charge is 2.18. The predicted molar refractivity (Wildman–Crippen MR) is 79.3 cm³/mol. The van der Waals surface area contributed by atoms with E-state index < -0.39 is 11.6 Å². The summed E-state index contributed by atoms with van der Waals surface area (Å²) in [5.74, 6) is -0.667. The van der Waals surface area contributed by atoms with Crippen LogP contribution in [0.2, 0.25) is 0 Å². The van der Waals surface area contributed by atoms with Crippen LogP contribution in [0.4, 0.5) is 20.4 Å². The molecule has 0 unspecified atom stereocenters. The first-order valence-corrected chi connectivity index (χ1v) is 6.78. The molecular formula is C14H24F2N4. The number of likely N-dealkylation sites (N-methyl/N-ethyl adjacent to an activating group) is 1. The zero-order chi connectivity index (χ0) is 15.3. The minimum absolute atomic E-state index is 0.0695. The molecule has 0 spiro atoms. The van der Waals surface area contributed by atoms with Crippen LogP contribution >= 0.6 is 0 Å². The Morgan fingerprint density at radius 3 is 2.35 bits per heavy atom. The van der Waals surface area contributed by atoms with Crippen LogP contribution in [0.25, 0.3) is 0 Å². The molecule has 20 heavy (non-hydrogen) atoms. The summed E-state index contributed by atoms with van der Waals surface area (Å²) in [4.78, 5) is 7.95. The molecule has 4 nitrogen and oxygen atoms in total. The van der Waals surface area contributed by atoms with Crippen LogP contribution in [0, 0.1) is 17.6 Å². The number of nitrogens with zero attached hydrogens (tertiary/aromatic N) is 3. The molecule has 0 saturated heterocycles. The number of nitrogens with one attached hydrogen (secondary N) is 1. The van der Waals surface area contributed by atoms with E-state index in [9.17, 15) is 8.78 Å². The van der Waals surface area contributed by atoms with Gasteiger partial charge in [-0.05, 0) is 20.0 Å². The van der Waals surface area contributed by atoms with Gasteiger partial charge in [-0.15, -0.1) is 0 Å². The molecule has 0 aromatic carbocycles. The lowest BCUT2D eigenvalue weighted by Crippen LogP contribution is -2.35. The van der Waals surface area contributed by atoms with Crippen molar-refractivity contribution in [3.05, 3.63) is 17.7 Å². The molecule has 0 fully saturated rings. The third-order valence-electron chi connectivity index (χ3n) is 2.85. The Labute approximate surface area is 119 Å². The number of anilines is 2. The summed E-state index contributed by atoms with van der Waals surface area (Å²) in [5, 5.41) is 2.65. The van der Waals surface area contributed by atoms with Crippen molar-refractivity contribution in [1.29, 1.82) is 0 Å². The maximum Gasteiger partial charge on any atom is 0.168 e. The smallest absolute Gasteiger partial charge is 0.168 e. The largest absolute Gasteiger partial charge is 0.371 e. The van der Waals surface area contributed by atoms with Crippen molar-refractivity contribution in [3.63, 3.8) is 0 Å². The van der Waals surface area contributed by atoms with Gasteiger partial charge in [-0.2, -0.15) is 0 Å². The molecule has 6 heteroatoms. The lowest BCUT2D eigenvalue weighted by Gasteiger charge is -2.27. The maximum absolute atomic E-state index is 14.0. The molecule has 1 aromatic rings. The van der Waals surface area contributed by atoms with Gasteiger partial charge in [0.05, 0.1) is 0 Å². The molecule has 0 radical (unpaired) electrons. The van der Waals surface area contributed by atoms with Crippen LogP contribution in [0.1, 0.15) is 13.8 Å². The summed E-state index contributed by atoms with van der Waals surface area (Å²) < 4.78 is 27.5. The van der Waals surface area contributed by atoms with E-state index in [-0.39, 0.29) is 11.6 Å². The Morgan fingerprint density at radius 2 is 1.85 bits per heavy atom. The molecule has 0 atom stereocenters. The van der Waals surface area contributed by atoms with Gasteiger partial charge < -0.3 is 15.1 Å². The summed E-state index contributed by atoms with van der Waals surface area (Å²) in [6.07, 6.45) is 0. The van der Waals surface area contributed by atoms with E-state index >= 15 is 0 Å². The molecule has 0 aliphatic heterocycles. The Bertz CT molecular complexity index is 435. The van der Waals surface area contributed by atoms with E-state index in [1.165, 1.54) is 0 Å². The fourth-order valence-electron chi connectivity index (χ4n) is 1.90. The number of halogens is 2. The molecule has 0 saturated carbocycles. The molecule has 1 N–H and O–H groups in total. The highest BCUT2D eigenvalue weighted by molar-refractivity contribution is 5.49. The van der Waals surface area contributed by atoms with Crippen molar-refractivity contribution in [2.24, 2.45) is 5.92 Å². The van der Waals surface area contributed by atoms with Gasteiger partial charge in [0.15, 0.2) is 23.3 Å². The Kier molecular flexibility index (Phi) is 6.13. The van der Waals surface area contributed by atoms with Gasteiger partial charge in [0.2, 0.25) is 0 Å². The summed E-state index contributed by atoms with van der Waals surface area (Å²) >= 11 is 0. The fraction of sp³-hybridized carbons (Fsp3) is 0.643. The minimum atomic E-state index is -0.675. The average molecular weight is 286 g/mol. The third kappa shape index (κ3) is 4.59. The number of hydrogen-bond donors (Lipinski definition) is 1. The van der Waals surface area contributed by atoms with Gasteiger partial charge in [-0.25, -0.2) is 13.8 Å². The van der Waals surface area contributed by atoms with Crippen molar-refractivity contribution in [2.75, 3.05) is 51.0 Å². The number of hydrogen-bond acceptors (Lipinski definition) is 4. The van der Waals surface area contributed by atoms with Crippen molar-refractivity contribution in [2.45, 2.75) is 13.8 Å². The van der Waals surface area contributed by atoms with Gasteiger partial charge in [-0.1, -0.05) is 13.8 Å². The minimum Gasteiger partial charge on any atom is -0.371 e. The molecule has 0 aliphatic rings. The molecule has 1 heterocycles. The van der Waals surface area contributed by atoms with Crippen LogP contribution in [0.3, 0.4) is 0 Å². The zero-order valence-corrected chi connectivity index (χ0v) is 12.9.